The first-order valence-electron chi connectivity index (χ1n) is 12.6. The highest BCUT2D eigenvalue weighted by Crippen LogP contribution is 2.42. The Balaban J connectivity index is 1.76. The summed E-state index contributed by atoms with van der Waals surface area (Å²) < 4.78 is 2.17. The van der Waals surface area contributed by atoms with Crippen molar-refractivity contribution in [2.45, 2.75) is 59.9 Å². The first-order chi connectivity index (χ1) is 16.7. The Bertz CT molecular complexity index is 1200. The van der Waals surface area contributed by atoms with Gasteiger partial charge in [-0.2, -0.15) is 0 Å². The maximum Gasteiger partial charge on any atom is 0.247 e. The van der Waals surface area contributed by atoms with Gasteiger partial charge in [-0.1, -0.05) is 76.1 Å². The molecule has 1 unspecified atom stereocenters. The fourth-order valence-electron chi connectivity index (χ4n) is 4.86. The highest BCUT2D eigenvalue weighted by atomic mass is 16.2. The molecule has 2 amide bonds. The lowest BCUT2D eigenvalue weighted by Gasteiger charge is -2.39. The molecule has 1 atom stereocenters. The van der Waals surface area contributed by atoms with Gasteiger partial charge in [0.05, 0.1) is 17.1 Å². The summed E-state index contributed by atoms with van der Waals surface area (Å²) in [6.07, 6.45) is 4.33. The van der Waals surface area contributed by atoms with E-state index in [0.717, 1.165) is 41.0 Å². The van der Waals surface area contributed by atoms with E-state index in [1.807, 2.05) is 41.3 Å². The fourth-order valence-corrected chi connectivity index (χ4v) is 4.86. The van der Waals surface area contributed by atoms with Crippen molar-refractivity contribution < 1.29 is 9.59 Å². The summed E-state index contributed by atoms with van der Waals surface area (Å²) in [6, 6.07) is 20.2. The number of hydrogen-bond donors (Lipinski definition) is 0. The number of fused-ring (bicyclic) bond motifs is 3. The van der Waals surface area contributed by atoms with E-state index in [1.165, 1.54) is 0 Å². The molecule has 5 heteroatoms. The largest absolute Gasteiger partial charge is 0.333 e. The molecule has 0 aliphatic carbocycles. The number of benzene rings is 2. The number of hydrogen-bond acceptors (Lipinski definition) is 2. The quantitative estimate of drug-likeness (QED) is 0.407. The number of nitrogens with zero attached hydrogens (tertiary/aromatic N) is 3. The number of amides is 2. The minimum Gasteiger partial charge on any atom is -0.333 e. The van der Waals surface area contributed by atoms with Gasteiger partial charge in [0.2, 0.25) is 11.8 Å². The Morgan fingerprint density at radius 1 is 0.971 bits per heavy atom. The van der Waals surface area contributed by atoms with E-state index >= 15 is 0 Å². The summed E-state index contributed by atoms with van der Waals surface area (Å²) in [4.78, 5) is 31.0. The number of aromatic nitrogens is 1. The third-order valence-electron chi connectivity index (χ3n) is 6.49. The summed E-state index contributed by atoms with van der Waals surface area (Å²) in [5.74, 6) is -0.0187. The molecular weight excluding hydrogens is 434 g/mol. The predicted octanol–water partition coefficient (Wildman–Crippen LogP) is 6.29. The van der Waals surface area contributed by atoms with Crippen LogP contribution in [-0.2, 0) is 9.59 Å². The summed E-state index contributed by atoms with van der Waals surface area (Å²) in [5.41, 5.74) is 4.97. The van der Waals surface area contributed by atoms with Gasteiger partial charge in [0.15, 0.2) is 0 Å². The Labute approximate surface area is 209 Å². The van der Waals surface area contributed by atoms with Gasteiger partial charge in [-0.3, -0.25) is 14.5 Å². The molecule has 0 bridgehead atoms. The fraction of sp³-hybridized carbons (Fsp3) is 0.400. The van der Waals surface area contributed by atoms with Crippen molar-refractivity contribution in [2.24, 2.45) is 5.41 Å². The van der Waals surface area contributed by atoms with Crippen molar-refractivity contribution in [3.8, 4) is 5.69 Å². The third-order valence-corrected chi connectivity index (χ3v) is 6.49. The molecule has 4 rings (SSSR count). The molecule has 0 saturated carbocycles. The monoisotopic (exact) mass is 471 g/mol. The molecule has 0 saturated heterocycles. The SMILES string of the molecule is CCCCN(CC(=O)N1c2ccccc2-n2cccc2C1c1cccc(C)c1)C(=O)CC(C)(C)C. The van der Waals surface area contributed by atoms with E-state index < -0.39 is 0 Å². The number of unbranched alkanes of at least 4 members (excludes halogenated alkanes) is 1. The number of para-hydroxylation sites is 2. The molecule has 0 N–H and O–H groups in total. The molecule has 1 aliphatic heterocycles. The van der Waals surface area contributed by atoms with Crippen LogP contribution < -0.4 is 4.90 Å². The minimum atomic E-state index is -0.266. The van der Waals surface area contributed by atoms with Crippen LogP contribution in [0.3, 0.4) is 0 Å². The van der Waals surface area contributed by atoms with E-state index in [-0.39, 0.29) is 29.8 Å². The smallest absolute Gasteiger partial charge is 0.247 e. The molecular formula is C30H37N3O2. The lowest BCUT2D eigenvalue weighted by molar-refractivity contribution is -0.137. The van der Waals surface area contributed by atoms with Crippen LogP contribution in [-0.4, -0.2) is 34.4 Å². The maximum atomic E-state index is 14.1. The van der Waals surface area contributed by atoms with Crippen LogP contribution in [0, 0.1) is 12.3 Å². The van der Waals surface area contributed by atoms with Gasteiger partial charge in [-0.15, -0.1) is 0 Å². The minimum absolute atomic E-state index is 0.0417. The number of aryl methyl sites for hydroxylation is 1. The summed E-state index contributed by atoms with van der Waals surface area (Å²) >= 11 is 0. The summed E-state index contributed by atoms with van der Waals surface area (Å²) in [5, 5.41) is 0. The van der Waals surface area contributed by atoms with Crippen molar-refractivity contribution in [3.63, 3.8) is 0 Å². The Morgan fingerprint density at radius 3 is 2.40 bits per heavy atom. The van der Waals surface area contributed by atoms with Gasteiger partial charge in [0.25, 0.3) is 0 Å². The second-order valence-corrected chi connectivity index (χ2v) is 10.8. The van der Waals surface area contributed by atoms with Crippen LogP contribution in [0.2, 0.25) is 0 Å². The van der Waals surface area contributed by atoms with E-state index in [0.29, 0.717) is 13.0 Å². The zero-order valence-electron chi connectivity index (χ0n) is 21.6. The average Bonchev–Trinajstić information content (AvgIpc) is 3.29. The highest BCUT2D eigenvalue weighted by Gasteiger charge is 2.37. The number of anilines is 1. The van der Waals surface area contributed by atoms with Crippen molar-refractivity contribution in [2.75, 3.05) is 18.0 Å². The molecule has 35 heavy (non-hydrogen) atoms. The zero-order valence-corrected chi connectivity index (χ0v) is 21.6. The molecule has 0 fully saturated rings. The standard InChI is InChI=1S/C30H37N3O2/c1-6-7-17-31(27(34)20-30(3,4)5)21-28(35)33-25-15-9-8-14-24(25)32-18-11-16-26(32)29(33)23-13-10-12-22(2)19-23/h8-16,18-19,29H,6-7,17,20-21H2,1-5H3. The molecule has 0 radical (unpaired) electrons. The predicted molar refractivity (Wildman–Crippen MR) is 142 cm³/mol. The van der Waals surface area contributed by atoms with Crippen LogP contribution in [0.1, 0.15) is 69.8 Å². The molecule has 5 nitrogen and oxygen atoms in total. The Kier molecular flexibility index (Phi) is 7.15. The molecule has 1 aliphatic rings. The second-order valence-electron chi connectivity index (χ2n) is 10.8. The topological polar surface area (TPSA) is 45.6 Å². The lowest BCUT2D eigenvalue weighted by atomic mass is 9.91. The average molecular weight is 472 g/mol. The lowest BCUT2D eigenvalue weighted by Crippen LogP contribution is -2.47. The van der Waals surface area contributed by atoms with Crippen molar-refractivity contribution in [1.29, 1.82) is 0 Å². The molecule has 1 aromatic heterocycles. The van der Waals surface area contributed by atoms with Gasteiger partial charge >= 0.3 is 0 Å². The van der Waals surface area contributed by atoms with Crippen LogP contribution in [0.5, 0.6) is 0 Å². The van der Waals surface area contributed by atoms with E-state index in [2.05, 4.69) is 69.6 Å². The molecule has 2 aromatic carbocycles. The van der Waals surface area contributed by atoms with E-state index in [1.54, 1.807) is 4.90 Å². The Morgan fingerprint density at radius 2 is 1.71 bits per heavy atom. The summed E-state index contributed by atoms with van der Waals surface area (Å²) in [6.45, 7) is 11.0. The van der Waals surface area contributed by atoms with Crippen LogP contribution in [0.25, 0.3) is 5.69 Å². The third kappa shape index (κ3) is 5.34. The number of rotatable bonds is 7. The van der Waals surface area contributed by atoms with Crippen LogP contribution in [0.4, 0.5) is 5.69 Å². The first kappa shape index (κ1) is 24.8. The number of carbonyl (C=O) groups excluding carboxylic acids is 2. The van der Waals surface area contributed by atoms with E-state index in [9.17, 15) is 9.59 Å². The van der Waals surface area contributed by atoms with Crippen LogP contribution >= 0.6 is 0 Å². The van der Waals surface area contributed by atoms with Gasteiger partial charge < -0.3 is 9.47 Å². The van der Waals surface area contributed by atoms with Gasteiger partial charge in [-0.05, 0) is 48.6 Å². The zero-order chi connectivity index (χ0) is 25.2. The van der Waals surface area contributed by atoms with Crippen molar-refractivity contribution in [3.05, 3.63) is 83.7 Å². The van der Waals surface area contributed by atoms with Gasteiger partial charge in [0, 0.05) is 19.2 Å². The normalized spacial score (nSPS) is 14.9. The molecule has 184 valence electrons. The highest BCUT2D eigenvalue weighted by molar-refractivity contribution is 6.00. The van der Waals surface area contributed by atoms with Crippen molar-refractivity contribution >= 4 is 17.5 Å². The van der Waals surface area contributed by atoms with Gasteiger partial charge in [-0.25, -0.2) is 0 Å². The van der Waals surface area contributed by atoms with Gasteiger partial charge in [0.1, 0.15) is 12.6 Å². The Hall–Kier alpha value is -3.34. The van der Waals surface area contributed by atoms with Crippen molar-refractivity contribution in [1.82, 2.24) is 9.47 Å². The molecule has 0 spiro atoms. The summed E-state index contributed by atoms with van der Waals surface area (Å²) in [7, 11) is 0. The number of carbonyl (C=O) groups is 2. The van der Waals surface area contributed by atoms with E-state index in [4.69, 9.17) is 0 Å². The first-order valence-corrected chi connectivity index (χ1v) is 12.6. The molecule has 3 aromatic rings. The van der Waals surface area contributed by atoms with Crippen LogP contribution in [0.15, 0.2) is 66.9 Å². The molecule has 2 heterocycles. The second kappa shape index (κ2) is 10.1. The maximum absolute atomic E-state index is 14.1.